The Balaban J connectivity index is 1.63. The molecule has 2 aromatic rings. The summed E-state index contributed by atoms with van der Waals surface area (Å²) in [6.45, 7) is -0.0352. The molecule has 2 atom stereocenters. The Morgan fingerprint density at radius 2 is 1.75 bits per heavy atom. The molecule has 1 N–H and O–H groups in total. The molecule has 1 saturated heterocycles. The molecule has 1 heterocycles. The summed E-state index contributed by atoms with van der Waals surface area (Å²) in [4.78, 5) is 26.5. The zero-order chi connectivity index (χ0) is 23.0. The molecule has 0 radical (unpaired) electrons. The third kappa shape index (κ3) is 4.19. The van der Waals surface area contributed by atoms with Crippen molar-refractivity contribution in [3.05, 3.63) is 52.8 Å². The van der Waals surface area contributed by atoms with Crippen molar-refractivity contribution in [3.63, 3.8) is 0 Å². The Morgan fingerprint density at radius 3 is 2.34 bits per heavy atom. The second-order valence-electron chi connectivity index (χ2n) is 7.97. The smallest absolute Gasteiger partial charge is 0.265 e. The molecule has 2 amide bonds. The lowest BCUT2D eigenvalue weighted by molar-refractivity contribution is -0.140. The fraction of sp³-hybridized carbons (Fsp3) is 0.364. The number of fused-ring (bicyclic) bond motifs is 1. The number of nitrogens with one attached hydrogen (secondary N) is 1. The average molecular weight is 481 g/mol. The molecule has 1 saturated carbocycles. The number of hydrogen-bond acceptors (Lipinski definition) is 5. The number of hydrogen-bond donors (Lipinski definition) is 1. The first-order chi connectivity index (χ1) is 15.2. The maximum Gasteiger partial charge on any atom is 0.265 e. The molecule has 1 aliphatic carbocycles. The quantitative estimate of drug-likeness (QED) is 0.632. The van der Waals surface area contributed by atoms with Gasteiger partial charge in [-0.15, -0.1) is 0 Å². The van der Waals surface area contributed by atoms with Crippen molar-refractivity contribution in [2.75, 3.05) is 11.8 Å². The third-order valence-electron chi connectivity index (χ3n) is 5.97. The van der Waals surface area contributed by atoms with Crippen LogP contribution >= 0.6 is 11.6 Å². The summed E-state index contributed by atoms with van der Waals surface area (Å²) in [7, 11) is -2.93. The minimum Gasteiger partial charge on any atom is -0.495 e. The van der Waals surface area contributed by atoms with Gasteiger partial charge in [-0.05, 0) is 48.7 Å². The lowest BCUT2D eigenvalue weighted by Crippen LogP contribution is -2.30. The van der Waals surface area contributed by atoms with Crippen LogP contribution in [-0.4, -0.2) is 32.2 Å². The zero-order valence-corrected chi connectivity index (χ0v) is 18.9. The maximum absolute atomic E-state index is 14.1. The monoisotopic (exact) mass is 480 g/mol. The standard InChI is InChI=1S/C22H22ClFN2O5S/c1-31-19-9-6-13(12-26-21(27)15-4-2-3-5-16(15)22(26)28)10-20(19)32(29,30)25-18-8-7-14(23)11-17(18)24/h6-11,15-16,25H,2-5,12H2,1H3. The molecule has 2 aromatic carbocycles. The molecule has 7 nitrogen and oxygen atoms in total. The van der Waals surface area contributed by atoms with E-state index in [0.717, 1.165) is 18.9 Å². The van der Waals surface area contributed by atoms with Gasteiger partial charge >= 0.3 is 0 Å². The summed E-state index contributed by atoms with van der Waals surface area (Å²) in [5, 5.41) is 0.130. The lowest BCUT2D eigenvalue weighted by Gasteiger charge is -2.19. The fourth-order valence-electron chi connectivity index (χ4n) is 4.37. The summed E-state index contributed by atoms with van der Waals surface area (Å²) in [5.41, 5.74) is 0.180. The zero-order valence-electron chi connectivity index (χ0n) is 17.3. The first kappa shape index (κ1) is 22.5. The number of anilines is 1. The van der Waals surface area contributed by atoms with Crippen LogP contribution in [0.5, 0.6) is 5.75 Å². The van der Waals surface area contributed by atoms with Crippen LogP contribution in [0.2, 0.25) is 5.02 Å². The Hall–Kier alpha value is -2.65. The average Bonchev–Trinajstić information content (AvgIpc) is 3.01. The van der Waals surface area contributed by atoms with Gasteiger partial charge in [-0.1, -0.05) is 30.5 Å². The van der Waals surface area contributed by atoms with Gasteiger partial charge in [-0.25, -0.2) is 12.8 Å². The third-order valence-corrected chi connectivity index (χ3v) is 7.59. The Morgan fingerprint density at radius 1 is 1.09 bits per heavy atom. The van der Waals surface area contributed by atoms with Gasteiger partial charge in [-0.3, -0.25) is 19.2 Å². The van der Waals surface area contributed by atoms with E-state index in [-0.39, 0.29) is 51.5 Å². The van der Waals surface area contributed by atoms with E-state index in [1.807, 2.05) is 0 Å². The number of ether oxygens (including phenoxy) is 1. The second-order valence-corrected chi connectivity index (χ2v) is 10.1. The van der Waals surface area contributed by atoms with Crippen molar-refractivity contribution in [3.8, 4) is 5.75 Å². The van der Waals surface area contributed by atoms with Crippen LogP contribution < -0.4 is 9.46 Å². The van der Waals surface area contributed by atoms with Crippen molar-refractivity contribution >= 4 is 39.1 Å². The minimum atomic E-state index is -4.24. The predicted molar refractivity (Wildman–Crippen MR) is 116 cm³/mol. The number of halogens is 2. The predicted octanol–water partition coefficient (Wildman–Crippen LogP) is 3.96. The Labute approximate surface area is 190 Å². The highest BCUT2D eigenvalue weighted by Gasteiger charge is 2.47. The number of carbonyl (C=O) groups excluding carboxylic acids is 2. The van der Waals surface area contributed by atoms with E-state index in [4.69, 9.17) is 16.3 Å². The molecule has 1 aliphatic heterocycles. The SMILES string of the molecule is COc1ccc(CN2C(=O)C3CCCCC3C2=O)cc1S(=O)(=O)Nc1ccc(Cl)cc1F. The van der Waals surface area contributed by atoms with Gasteiger partial charge in [0.1, 0.15) is 16.5 Å². The van der Waals surface area contributed by atoms with Crippen LogP contribution in [0.15, 0.2) is 41.3 Å². The molecule has 4 rings (SSSR count). The van der Waals surface area contributed by atoms with E-state index >= 15 is 0 Å². The van der Waals surface area contributed by atoms with Crippen LogP contribution in [0.25, 0.3) is 0 Å². The minimum absolute atomic E-state index is 0.0352. The van der Waals surface area contributed by atoms with Crippen LogP contribution in [0.1, 0.15) is 31.2 Å². The van der Waals surface area contributed by atoms with Gasteiger partial charge in [-0.2, -0.15) is 0 Å². The summed E-state index contributed by atoms with van der Waals surface area (Å²) in [5.74, 6) is -1.77. The summed E-state index contributed by atoms with van der Waals surface area (Å²) in [6.07, 6.45) is 3.24. The molecule has 2 unspecified atom stereocenters. The number of methoxy groups -OCH3 is 1. The highest BCUT2D eigenvalue weighted by molar-refractivity contribution is 7.92. The molecule has 10 heteroatoms. The number of benzene rings is 2. The van der Waals surface area contributed by atoms with E-state index in [2.05, 4.69) is 4.72 Å². The van der Waals surface area contributed by atoms with Crippen molar-refractivity contribution in [1.29, 1.82) is 0 Å². The van der Waals surface area contributed by atoms with Crippen molar-refractivity contribution in [2.24, 2.45) is 11.8 Å². The molecule has 0 spiro atoms. The topological polar surface area (TPSA) is 92.8 Å². The van der Waals surface area contributed by atoms with Crippen molar-refractivity contribution < 1.29 is 27.1 Å². The number of rotatable bonds is 6. The molecule has 0 bridgehead atoms. The van der Waals surface area contributed by atoms with Crippen LogP contribution in [0.3, 0.4) is 0 Å². The first-order valence-corrected chi connectivity index (χ1v) is 12.1. The summed E-state index contributed by atoms with van der Waals surface area (Å²) in [6, 6.07) is 7.95. The molecule has 2 fully saturated rings. The molecular formula is C22H22ClFN2O5S. The molecule has 32 heavy (non-hydrogen) atoms. The van der Waals surface area contributed by atoms with Gasteiger partial charge in [0.15, 0.2) is 0 Å². The van der Waals surface area contributed by atoms with E-state index in [1.165, 1.54) is 36.3 Å². The molecule has 170 valence electrons. The number of likely N-dealkylation sites (tertiary alicyclic amines) is 1. The number of sulfonamides is 1. The molecule has 0 aromatic heterocycles. The fourth-order valence-corrected chi connectivity index (χ4v) is 5.82. The summed E-state index contributed by atoms with van der Waals surface area (Å²) >= 11 is 5.73. The number of amides is 2. The number of nitrogens with zero attached hydrogens (tertiary/aromatic N) is 1. The Bertz CT molecular complexity index is 1160. The first-order valence-electron chi connectivity index (χ1n) is 10.2. The van der Waals surface area contributed by atoms with Gasteiger partial charge in [0.2, 0.25) is 11.8 Å². The van der Waals surface area contributed by atoms with E-state index in [0.29, 0.717) is 18.4 Å². The van der Waals surface area contributed by atoms with Gasteiger partial charge in [0.25, 0.3) is 10.0 Å². The summed E-state index contributed by atoms with van der Waals surface area (Å²) < 4.78 is 47.5. The highest BCUT2D eigenvalue weighted by atomic mass is 35.5. The highest BCUT2D eigenvalue weighted by Crippen LogP contribution is 2.39. The van der Waals surface area contributed by atoms with Crippen LogP contribution in [0, 0.1) is 17.7 Å². The molecular weight excluding hydrogens is 459 g/mol. The maximum atomic E-state index is 14.1. The van der Waals surface area contributed by atoms with Crippen molar-refractivity contribution in [2.45, 2.75) is 37.1 Å². The van der Waals surface area contributed by atoms with Crippen LogP contribution in [-0.2, 0) is 26.2 Å². The molecule has 2 aliphatic rings. The van der Waals surface area contributed by atoms with Gasteiger partial charge < -0.3 is 4.74 Å². The lowest BCUT2D eigenvalue weighted by atomic mass is 9.81. The second kappa shape index (κ2) is 8.71. The normalized spacial score (nSPS) is 20.9. The van der Waals surface area contributed by atoms with Gasteiger partial charge in [0.05, 0.1) is 31.2 Å². The van der Waals surface area contributed by atoms with E-state index in [9.17, 15) is 22.4 Å². The van der Waals surface area contributed by atoms with Gasteiger partial charge in [0, 0.05) is 5.02 Å². The Kier molecular flexibility index (Phi) is 6.13. The van der Waals surface area contributed by atoms with Crippen LogP contribution in [0.4, 0.5) is 10.1 Å². The van der Waals surface area contributed by atoms with E-state index in [1.54, 1.807) is 6.07 Å². The van der Waals surface area contributed by atoms with Crippen molar-refractivity contribution in [1.82, 2.24) is 4.90 Å². The number of carbonyl (C=O) groups is 2. The number of imide groups is 1. The largest absolute Gasteiger partial charge is 0.495 e. The van der Waals surface area contributed by atoms with E-state index < -0.39 is 15.8 Å².